The van der Waals surface area contributed by atoms with E-state index in [1.54, 1.807) is 0 Å². The van der Waals surface area contributed by atoms with Crippen LogP contribution in [0.1, 0.15) is 11.1 Å². The Morgan fingerprint density at radius 2 is 1.62 bits per heavy atom. The molecule has 0 amide bonds. The number of halogens is 6. The zero-order chi connectivity index (χ0) is 17.5. The fraction of sp³-hybridized carbons (Fsp3) is 0.133. The maximum absolute atomic E-state index is 13.7. The van der Waals surface area contributed by atoms with Crippen molar-refractivity contribution in [2.24, 2.45) is 5.10 Å². The number of nitrogens with zero attached hydrogens (tertiary/aromatic N) is 2. The molecule has 1 heterocycles. The van der Waals surface area contributed by atoms with Crippen molar-refractivity contribution in [1.82, 2.24) is 0 Å². The molecule has 0 N–H and O–H groups in total. The first-order chi connectivity index (χ1) is 11.3. The third-order valence-electron chi connectivity index (χ3n) is 3.27. The van der Waals surface area contributed by atoms with Gasteiger partial charge in [-0.2, -0.15) is 13.2 Å². The van der Waals surface area contributed by atoms with E-state index >= 15 is 0 Å². The van der Waals surface area contributed by atoms with Gasteiger partial charge in [0.05, 0.1) is 11.3 Å². The molecule has 0 saturated heterocycles. The molecule has 2 aromatic rings. The lowest BCUT2D eigenvalue weighted by Crippen LogP contribution is -2.15. The maximum atomic E-state index is 13.7. The van der Waals surface area contributed by atoms with Gasteiger partial charge in [0.25, 0.3) is 0 Å². The normalized spacial score (nSPS) is 14.6. The van der Waals surface area contributed by atoms with Gasteiger partial charge in [-0.3, -0.25) is 0 Å². The Kier molecular flexibility index (Phi) is 3.86. The van der Waals surface area contributed by atoms with Gasteiger partial charge in [-0.05, 0) is 30.3 Å². The molecule has 0 bridgehead atoms. The second kappa shape index (κ2) is 5.73. The number of hydrogen-bond acceptors (Lipinski definition) is 3. The van der Waals surface area contributed by atoms with Gasteiger partial charge in [-0.1, -0.05) is 6.07 Å². The van der Waals surface area contributed by atoms with E-state index in [0.717, 1.165) is 29.3 Å². The number of rotatable bonds is 2. The third kappa shape index (κ3) is 2.89. The Bertz CT molecular complexity index is 798. The summed E-state index contributed by atoms with van der Waals surface area (Å²) in [6.45, 7) is -0.369. The van der Waals surface area contributed by atoms with Gasteiger partial charge in [0.15, 0.2) is 6.73 Å². The van der Waals surface area contributed by atoms with Gasteiger partial charge < -0.3 is 4.74 Å². The van der Waals surface area contributed by atoms with E-state index in [4.69, 9.17) is 4.74 Å². The summed E-state index contributed by atoms with van der Waals surface area (Å²) in [5.74, 6) is -3.70. The largest absolute Gasteiger partial charge is 0.453 e. The van der Waals surface area contributed by atoms with Crippen molar-refractivity contribution in [3.63, 3.8) is 0 Å². The van der Waals surface area contributed by atoms with E-state index in [-0.39, 0.29) is 12.4 Å². The molecule has 9 heteroatoms. The molecular weight excluding hydrogens is 338 g/mol. The minimum atomic E-state index is -4.88. The van der Waals surface area contributed by atoms with Crippen LogP contribution in [0.25, 0.3) is 0 Å². The summed E-state index contributed by atoms with van der Waals surface area (Å²) in [4.78, 5) is 0. The molecule has 0 fully saturated rings. The summed E-state index contributed by atoms with van der Waals surface area (Å²) in [5, 5.41) is 4.70. The van der Waals surface area contributed by atoms with E-state index < -0.39 is 40.7 Å². The van der Waals surface area contributed by atoms with Crippen LogP contribution < -0.4 is 5.01 Å². The highest BCUT2D eigenvalue weighted by Crippen LogP contribution is 2.34. The average Bonchev–Trinajstić information content (AvgIpc) is 2.96. The van der Waals surface area contributed by atoms with Crippen LogP contribution in [0.2, 0.25) is 0 Å². The summed E-state index contributed by atoms with van der Waals surface area (Å²) in [7, 11) is 0. The van der Waals surface area contributed by atoms with Gasteiger partial charge in [0.1, 0.15) is 23.0 Å². The van der Waals surface area contributed by atoms with Crippen molar-refractivity contribution in [3.8, 4) is 0 Å². The van der Waals surface area contributed by atoms with Crippen LogP contribution in [0.5, 0.6) is 0 Å². The number of hydrogen-bond donors (Lipinski definition) is 0. The van der Waals surface area contributed by atoms with Crippen molar-refractivity contribution in [2.75, 3.05) is 11.7 Å². The molecule has 0 unspecified atom stereocenters. The molecule has 0 radical (unpaired) electrons. The fourth-order valence-corrected chi connectivity index (χ4v) is 2.14. The molecule has 0 saturated carbocycles. The van der Waals surface area contributed by atoms with Gasteiger partial charge >= 0.3 is 6.18 Å². The predicted octanol–water partition coefficient (Wildman–Crippen LogP) is 4.28. The van der Waals surface area contributed by atoms with Crippen LogP contribution in [-0.4, -0.2) is 12.6 Å². The summed E-state index contributed by atoms with van der Waals surface area (Å²) in [5.41, 5.74) is -2.13. The topological polar surface area (TPSA) is 24.8 Å². The molecule has 0 spiro atoms. The second-order valence-corrected chi connectivity index (χ2v) is 4.84. The predicted molar refractivity (Wildman–Crippen MR) is 72.7 cm³/mol. The molecule has 2 aromatic carbocycles. The van der Waals surface area contributed by atoms with Crippen molar-refractivity contribution in [3.05, 3.63) is 65.0 Å². The van der Waals surface area contributed by atoms with Gasteiger partial charge in [0, 0.05) is 0 Å². The van der Waals surface area contributed by atoms with Crippen molar-refractivity contribution in [2.45, 2.75) is 6.18 Å². The highest BCUT2D eigenvalue weighted by Gasteiger charge is 2.35. The first-order valence-electron chi connectivity index (χ1n) is 6.57. The molecule has 1 aliphatic rings. The number of anilines is 1. The third-order valence-corrected chi connectivity index (χ3v) is 3.27. The zero-order valence-corrected chi connectivity index (χ0v) is 11.7. The summed E-state index contributed by atoms with van der Waals surface area (Å²) < 4.78 is 83.9. The molecule has 0 aromatic heterocycles. The SMILES string of the molecule is Fc1ccc(N2COC(c3c(F)cccc3F)=N2)cc1C(F)(F)F. The lowest BCUT2D eigenvalue weighted by molar-refractivity contribution is -0.139. The Balaban J connectivity index is 1.97. The number of benzene rings is 2. The number of alkyl halides is 3. The van der Waals surface area contributed by atoms with Gasteiger partial charge in [-0.15, -0.1) is 5.10 Å². The molecule has 3 rings (SSSR count). The van der Waals surface area contributed by atoms with Crippen LogP contribution in [0.4, 0.5) is 32.0 Å². The van der Waals surface area contributed by atoms with Crippen LogP contribution in [-0.2, 0) is 10.9 Å². The molecule has 1 aliphatic heterocycles. The summed E-state index contributed by atoms with van der Waals surface area (Å²) >= 11 is 0. The standard InChI is InChI=1S/C15H8F6N2O/c16-10-5-4-8(6-9(10)15(19,20)21)23-7-24-14(22-23)13-11(17)2-1-3-12(13)18/h1-6H,7H2. The first-order valence-corrected chi connectivity index (χ1v) is 6.57. The number of hydrazone groups is 1. The molecule has 0 atom stereocenters. The van der Waals surface area contributed by atoms with Crippen LogP contribution in [0.15, 0.2) is 41.5 Å². The van der Waals surface area contributed by atoms with Crippen molar-refractivity contribution >= 4 is 11.6 Å². The van der Waals surface area contributed by atoms with E-state index in [0.29, 0.717) is 12.1 Å². The summed E-state index contributed by atoms with van der Waals surface area (Å²) in [6.07, 6.45) is -4.88. The van der Waals surface area contributed by atoms with E-state index in [9.17, 15) is 26.3 Å². The number of ether oxygens (including phenoxy) is 1. The summed E-state index contributed by atoms with van der Waals surface area (Å²) in [6, 6.07) is 5.37. The molecule has 126 valence electrons. The maximum Gasteiger partial charge on any atom is 0.419 e. The quantitative estimate of drug-likeness (QED) is 0.759. The van der Waals surface area contributed by atoms with E-state index in [1.807, 2.05) is 0 Å². The zero-order valence-electron chi connectivity index (χ0n) is 11.7. The molecular formula is C15H8F6N2O. The molecule has 3 nitrogen and oxygen atoms in total. The molecule has 0 aliphatic carbocycles. The van der Waals surface area contributed by atoms with E-state index in [2.05, 4.69) is 5.10 Å². The Morgan fingerprint density at radius 1 is 0.958 bits per heavy atom. The molecule has 24 heavy (non-hydrogen) atoms. The van der Waals surface area contributed by atoms with Crippen LogP contribution >= 0.6 is 0 Å². The Hall–Kier alpha value is -2.71. The average molecular weight is 346 g/mol. The second-order valence-electron chi connectivity index (χ2n) is 4.84. The first kappa shape index (κ1) is 16.2. The highest BCUT2D eigenvalue weighted by atomic mass is 19.4. The van der Waals surface area contributed by atoms with Crippen LogP contribution in [0.3, 0.4) is 0 Å². The van der Waals surface area contributed by atoms with Crippen LogP contribution in [0, 0.1) is 17.5 Å². The monoisotopic (exact) mass is 346 g/mol. The lowest BCUT2D eigenvalue weighted by Gasteiger charge is -2.14. The van der Waals surface area contributed by atoms with Crippen molar-refractivity contribution < 1.29 is 31.1 Å². The Labute approximate surface area is 131 Å². The highest BCUT2D eigenvalue weighted by molar-refractivity contribution is 5.96. The van der Waals surface area contributed by atoms with Crippen molar-refractivity contribution in [1.29, 1.82) is 0 Å². The van der Waals surface area contributed by atoms with E-state index in [1.165, 1.54) is 0 Å². The minimum absolute atomic E-state index is 0.129. The van der Waals surface area contributed by atoms with Gasteiger partial charge in [-0.25, -0.2) is 18.2 Å². The Morgan fingerprint density at radius 3 is 2.25 bits per heavy atom. The fourth-order valence-electron chi connectivity index (χ4n) is 2.14. The van der Waals surface area contributed by atoms with Gasteiger partial charge in [0.2, 0.25) is 5.90 Å². The smallest absolute Gasteiger partial charge is 0.419 e. The minimum Gasteiger partial charge on any atom is -0.453 e. The lowest BCUT2D eigenvalue weighted by atomic mass is 10.2.